The molecule has 0 aromatic heterocycles. The van der Waals surface area contributed by atoms with Crippen molar-refractivity contribution in [2.45, 2.75) is 32.5 Å². The van der Waals surface area contributed by atoms with Crippen LogP contribution in [0.25, 0.3) is 0 Å². The summed E-state index contributed by atoms with van der Waals surface area (Å²) in [5.74, 6) is 0. The van der Waals surface area contributed by atoms with E-state index in [9.17, 15) is 9.46 Å². The lowest BCUT2D eigenvalue weighted by Crippen LogP contribution is -2.05. The Hall–Kier alpha value is -0.150. The highest BCUT2D eigenvalue weighted by atomic mass is 79.9. The molecule has 0 aliphatic rings. The molecule has 0 saturated heterocycles. The molecular formula is C11H16BrO3P. The Bertz CT molecular complexity index is 377. The van der Waals surface area contributed by atoms with Gasteiger partial charge in [-0.25, -0.2) is 0 Å². The molecule has 0 aliphatic carbocycles. The molecule has 90 valence electrons. The van der Waals surface area contributed by atoms with Crippen molar-refractivity contribution < 1.29 is 14.0 Å². The summed E-state index contributed by atoms with van der Waals surface area (Å²) in [6.45, 7) is 3.72. The zero-order valence-electron chi connectivity index (χ0n) is 9.39. The van der Waals surface area contributed by atoms with Gasteiger partial charge in [-0.15, -0.1) is 0 Å². The first-order chi connectivity index (χ1) is 7.43. The fraction of sp³-hybridized carbons (Fsp3) is 0.455. The van der Waals surface area contributed by atoms with Crippen molar-refractivity contribution in [2.24, 2.45) is 0 Å². The van der Waals surface area contributed by atoms with Crippen LogP contribution in [0.4, 0.5) is 0 Å². The summed E-state index contributed by atoms with van der Waals surface area (Å²) in [5, 5.41) is 0. The summed E-state index contributed by atoms with van der Waals surface area (Å²) < 4.78 is 17.8. The Balaban J connectivity index is 2.65. The Labute approximate surface area is 104 Å². The van der Waals surface area contributed by atoms with E-state index in [1.54, 1.807) is 6.92 Å². The van der Waals surface area contributed by atoms with Gasteiger partial charge in [0.2, 0.25) is 0 Å². The van der Waals surface area contributed by atoms with Crippen LogP contribution in [0.5, 0.6) is 0 Å². The first kappa shape index (κ1) is 13.9. The molecule has 0 radical (unpaired) electrons. The second-order valence-electron chi connectivity index (χ2n) is 3.75. The lowest BCUT2D eigenvalue weighted by Gasteiger charge is -2.16. The van der Waals surface area contributed by atoms with Crippen LogP contribution < -0.4 is 0 Å². The van der Waals surface area contributed by atoms with Gasteiger partial charge >= 0.3 is 7.60 Å². The van der Waals surface area contributed by atoms with E-state index in [2.05, 4.69) is 15.9 Å². The molecule has 3 nitrogen and oxygen atoms in total. The molecule has 1 rings (SSSR count). The molecule has 1 aromatic rings. The van der Waals surface area contributed by atoms with Gasteiger partial charge in [-0.05, 0) is 31.0 Å². The summed E-state index contributed by atoms with van der Waals surface area (Å²) in [7, 11) is -3.52. The lowest BCUT2D eigenvalue weighted by molar-refractivity contribution is 0.185. The van der Waals surface area contributed by atoms with E-state index < -0.39 is 7.60 Å². The van der Waals surface area contributed by atoms with E-state index >= 15 is 0 Å². The summed E-state index contributed by atoms with van der Waals surface area (Å²) in [5.41, 5.74) is 0.803. The molecule has 16 heavy (non-hydrogen) atoms. The Morgan fingerprint density at radius 1 is 1.44 bits per heavy atom. The van der Waals surface area contributed by atoms with Gasteiger partial charge in [0.05, 0.1) is 12.3 Å². The van der Waals surface area contributed by atoms with Gasteiger partial charge in [0.25, 0.3) is 0 Å². The van der Waals surface area contributed by atoms with E-state index in [0.29, 0.717) is 0 Å². The van der Waals surface area contributed by atoms with Crippen LogP contribution in [0, 0.1) is 0 Å². The second-order valence-corrected chi connectivity index (χ2v) is 6.46. The molecule has 5 heteroatoms. The number of hydrogen-bond donors (Lipinski definition) is 1. The first-order valence-electron chi connectivity index (χ1n) is 5.17. The largest absolute Gasteiger partial charge is 0.332 e. The van der Waals surface area contributed by atoms with Crippen LogP contribution >= 0.6 is 23.5 Å². The highest BCUT2D eigenvalue weighted by Gasteiger charge is 2.22. The number of halogens is 1. The van der Waals surface area contributed by atoms with Gasteiger partial charge in [0, 0.05) is 4.47 Å². The minimum atomic E-state index is -3.52. The van der Waals surface area contributed by atoms with Crippen LogP contribution in [-0.4, -0.2) is 11.0 Å². The van der Waals surface area contributed by atoms with Crippen LogP contribution in [0.15, 0.2) is 28.7 Å². The molecule has 1 aromatic carbocycles. The third kappa shape index (κ3) is 4.79. The van der Waals surface area contributed by atoms with E-state index in [0.717, 1.165) is 16.5 Å². The fourth-order valence-corrected chi connectivity index (χ4v) is 2.94. The zero-order chi connectivity index (χ0) is 12.2. The maximum absolute atomic E-state index is 11.8. The van der Waals surface area contributed by atoms with E-state index in [4.69, 9.17) is 4.52 Å². The summed E-state index contributed by atoms with van der Waals surface area (Å²) in [6.07, 6.45) is 0.599. The molecule has 0 heterocycles. The number of hydrogen-bond acceptors (Lipinski definition) is 2. The molecule has 0 bridgehead atoms. The van der Waals surface area contributed by atoms with Crippen molar-refractivity contribution in [1.82, 2.24) is 0 Å². The van der Waals surface area contributed by atoms with Gasteiger partial charge in [0.1, 0.15) is 0 Å². The molecule has 0 spiro atoms. The molecule has 0 amide bonds. The van der Waals surface area contributed by atoms with Gasteiger partial charge in [-0.3, -0.25) is 4.57 Å². The second kappa shape index (κ2) is 5.97. The standard InChI is InChI=1S/C11H16BrO3P/c1-3-9(2)15-16(13,14)8-10-4-6-11(12)7-5-10/h4-7,9H,3,8H2,1-2H3,(H,13,14). The molecule has 0 saturated carbocycles. The average Bonchev–Trinajstić information content (AvgIpc) is 2.20. The van der Waals surface area contributed by atoms with Crippen molar-refractivity contribution in [2.75, 3.05) is 0 Å². The Morgan fingerprint density at radius 2 is 2.00 bits per heavy atom. The van der Waals surface area contributed by atoms with Gasteiger partial charge < -0.3 is 9.42 Å². The highest BCUT2D eigenvalue weighted by molar-refractivity contribution is 9.10. The Kier molecular flexibility index (Phi) is 5.19. The smallest absolute Gasteiger partial charge is 0.324 e. The van der Waals surface area contributed by atoms with Crippen molar-refractivity contribution in [3.8, 4) is 0 Å². The van der Waals surface area contributed by atoms with E-state index in [-0.39, 0.29) is 12.3 Å². The summed E-state index contributed by atoms with van der Waals surface area (Å²) >= 11 is 3.31. The molecule has 0 fully saturated rings. The predicted molar refractivity (Wildman–Crippen MR) is 68.5 cm³/mol. The maximum Gasteiger partial charge on any atom is 0.332 e. The Morgan fingerprint density at radius 3 is 2.50 bits per heavy atom. The number of rotatable bonds is 5. The molecule has 1 N–H and O–H groups in total. The maximum atomic E-state index is 11.8. The summed E-state index contributed by atoms with van der Waals surface area (Å²) in [4.78, 5) is 9.66. The minimum Gasteiger partial charge on any atom is -0.324 e. The fourth-order valence-electron chi connectivity index (χ4n) is 1.21. The highest BCUT2D eigenvalue weighted by Crippen LogP contribution is 2.47. The predicted octanol–water partition coefficient (Wildman–Crippen LogP) is 3.95. The van der Waals surface area contributed by atoms with Crippen LogP contribution in [0.1, 0.15) is 25.8 Å². The molecule has 0 aliphatic heterocycles. The van der Waals surface area contributed by atoms with Crippen LogP contribution in [0.2, 0.25) is 0 Å². The van der Waals surface area contributed by atoms with Crippen LogP contribution in [-0.2, 0) is 15.3 Å². The van der Waals surface area contributed by atoms with Gasteiger partial charge in [-0.1, -0.05) is 35.0 Å². The minimum absolute atomic E-state index is 0.0601. The number of benzene rings is 1. The van der Waals surface area contributed by atoms with Crippen LogP contribution in [0.3, 0.4) is 0 Å². The average molecular weight is 307 g/mol. The SMILES string of the molecule is CCC(C)OP(=O)(O)Cc1ccc(Br)cc1. The van der Waals surface area contributed by atoms with E-state index in [1.807, 2.05) is 31.2 Å². The van der Waals surface area contributed by atoms with Crippen molar-refractivity contribution in [1.29, 1.82) is 0 Å². The quantitative estimate of drug-likeness (QED) is 0.838. The van der Waals surface area contributed by atoms with Gasteiger partial charge in [-0.2, -0.15) is 0 Å². The third-order valence-electron chi connectivity index (χ3n) is 2.22. The zero-order valence-corrected chi connectivity index (χ0v) is 11.9. The van der Waals surface area contributed by atoms with Gasteiger partial charge in [0.15, 0.2) is 0 Å². The van der Waals surface area contributed by atoms with E-state index in [1.165, 1.54) is 0 Å². The molecule has 2 atom stereocenters. The normalized spacial score (nSPS) is 16.8. The molecular weight excluding hydrogens is 291 g/mol. The molecule has 2 unspecified atom stereocenters. The monoisotopic (exact) mass is 306 g/mol. The van der Waals surface area contributed by atoms with Crippen molar-refractivity contribution in [3.63, 3.8) is 0 Å². The third-order valence-corrected chi connectivity index (χ3v) is 4.20. The van der Waals surface area contributed by atoms with Crippen molar-refractivity contribution in [3.05, 3.63) is 34.3 Å². The lowest BCUT2D eigenvalue weighted by atomic mass is 10.2. The first-order valence-corrected chi connectivity index (χ1v) is 7.73. The van der Waals surface area contributed by atoms with Crippen molar-refractivity contribution >= 4 is 23.5 Å². The topological polar surface area (TPSA) is 46.5 Å². The summed E-state index contributed by atoms with van der Waals surface area (Å²) in [6, 6.07) is 7.32.